The normalized spacial score (nSPS) is 18.9. The second-order valence-corrected chi connectivity index (χ2v) is 11.6. The number of halogens is 2. The first-order chi connectivity index (χ1) is 20.8. The van der Waals surface area contributed by atoms with Crippen LogP contribution in [0, 0.1) is 0 Å². The Morgan fingerprint density at radius 3 is 2.65 bits per heavy atom. The van der Waals surface area contributed by atoms with Gasteiger partial charge in [0.05, 0.1) is 34.9 Å². The summed E-state index contributed by atoms with van der Waals surface area (Å²) in [6.45, 7) is 3.98. The lowest BCUT2D eigenvalue weighted by molar-refractivity contribution is -0.0901. The zero-order valence-electron chi connectivity index (χ0n) is 23.9. The SMILES string of the molecule is CN1CCN(c2ccc(Nc3ncc4c(n3)CCCC=C4c3ccn4ncc(C(=O)NC5CC(F)(F)C5)c4c3)cn2)CC1. The van der Waals surface area contributed by atoms with Gasteiger partial charge in [0.25, 0.3) is 11.8 Å². The molecule has 5 heterocycles. The number of anilines is 3. The fraction of sp³-hybridized carbons (Fsp3) is 0.387. The third kappa shape index (κ3) is 5.66. The van der Waals surface area contributed by atoms with Gasteiger partial charge in [-0.2, -0.15) is 5.10 Å². The fourth-order valence-electron chi connectivity index (χ4n) is 5.95. The minimum absolute atomic E-state index is 0.331. The summed E-state index contributed by atoms with van der Waals surface area (Å²) in [5, 5.41) is 10.3. The molecule has 12 heteroatoms. The number of aryl methyl sites for hydroxylation is 1. The first kappa shape index (κ1) is 27.4. The van der Waals surface area contributed by atoms with Crippen molar-refractivity contribution in [3.8, 4) is 0 Å². The first-order valence-electron chi connectivity index (χ1n) is 14.7. The number of aromatic nitrogens is 5. The molecule has 0 bridgehead atoms. The van der Waals surface area contributed by atoms with Gasteiger partial charge in [0.2, 0.25) is 5.95 Å². The van der Waals surface area contributed by atoms with E-state index in [9.17, 15) is 13.6 Å². The smallest absolute Gasteiger partial charge is 0.255 e. The van der Waals surface area contributed by atoms with E-state index in [-0.39, 0.29) is 12.8 Å². The summed E-state index contributed by atoms with van der Waals surface area (Å²) in [6, 6.07) is 7.38. The van der Waals surface area contributed by atoms with Crippen LogP contribution in [0.3, 0.4) is 0 Å². The third-order valence-corrected chi connectivity index (χ3v) is 8.46. The van der Waals surface area contributed by atoms with Gasteiger partial charge in [0.1, 0.15) is 5.82 Å². The Labute approximate surface area is 247 Å². The van der Waals surface area contributed by atoms with E-state index in [0.29, 0.717) is 17.0 Å². The molecule has 222 valence electrons. The minimum atomic E-state index is -2.70. The van der Waals surface area contributed by atoms with Gasteiger partial charge < -0.3 is 20.4 Å². The van der Waals surface area contributed by atoms with Crippen molar-refractivity contribution >= 4 is 34.5 Å². The zero-order valence-corrected chi connectivity index (χ0v) is 23.9. The Bertz CT molecular complexity index is 1690. The highest BCUT2D eigenvalue weighted by Gasteiger charge is 2.46. The summed E-state index contributed by atoms with van der Waals surface area (Å²) in [7, 11) is 2.14. The number of fused-ring (bicyclic) bond motifs is 2. The van der Waals surface area contributed by atoms with Crippen molar-refractivity contribution in [1.29, 1.82) is 0 Å². The van der Waals surface area contributed by atoms with Gasteiger partial charge in [-0.15, -0.1) is 0 Å². The number of carbonyl (C=O) groups excluding carboxylic acids is 1. The Morgan fingerprint density at radius 1 is 1.05 bits per heavy atom. The number of amides is 1. The quantitative estimate of drug-likeness (QED) is 0.345. The highest BCUT2D eigenvalue weighted by Crippen LogP contribution is 2.37. The number of rotatable bonds is 6. The van der Waals surface area contributed by atoms with Crippen molar-refractivity contribution in [2.75, 3.05) is 43.4 Å². The number of alkyl halides is 2. The van der Waals surface area contributed by atoms with E-state index < -0.39 is 17.9 Å². The molecule has 1 aliphatic heterocycles. The Balaban J connectivity index is 1.10. The standard InChI is InChI=1S/C31H33F2N9O/c1-40-10-12-41(13-11-40)28-7-6-21(17-34-28)38-30-35-18-24-23(4-2-3-5-26(24)39-30)20-8-9-42-27(14-20)25(19-36-42)29(43)37-22-15-31(32,33)16-22/h4,6-9,14,17-19,22H,2-3,5,10-13,15-16H2,1H3,(H,37,43)(H,35,38,39). The molecule has 0 radical (unpaired) electrons. The van der Waals surface area contributed by atoms with Gasteiger partial charge in [-0.3, -0.25) is 4.79 Å². The molecule has 0 aromatic carbocycles. The molecule has 3 aliphatic rings. The van der Waals surface area contributed by atoms with Gasteiger partial charge in [-0.05, 0) is 61.7 Å². The zero-order chi connectivity index (χ0) is 29.6. The van der Waals surface area contributed by atoms with Crippen LogP contribution in [0.4, 0.5) is 26.2 Å². The third-order valence-electron chi connectivity index (χ3n) is 8.46. The number of allylic oxidation sites excluding steroid dienone is 1. The average Bonchev–Trinajstić information content (AvgIpc) is 3.30. The number of hydrogen-bond donors (Lipinski definition) is 2. The van der Waals surface area contributed by atoms with Crippen LogP contribution >= 0.6 is 0 Å². The van der Waals surface area contributed by atoms with E-state index in [0.717, 1.165) is 79.3 Å². The van der Waals surface area contributed by atoms with Crippen LogP contribution in [0.2, 0.25) is 0 Å². The molecule has 10 nitrogen and oxygen atoms in total. The molecule has 1 saturated heterocycles. The van der Waals surface area contributed by atoms with E-state index in [4.69, 9.17) is 4.98 Å². The summed E-state index contributed by atoms with van der Waals surface area (Å²) < 4.78 is 28.2. The van der Waals surface area contributed by atoms with Crippen LogP contribution in [0.1, 0.15) is 52.9 Å². The highest BCUT2D eigenvalue weighted by molar-refractivity contribution is 6.01. The monoisotopic (exact) mass is 585 g/mol. The molecule has 1 saturated carbocycles. The number of nitrogens with one attached hydrogen (secondary N) is 2. The predicted octanol–water partition coefficient (Wildman–Crippen LogP) is 4.31. The minimum Gasteiger partial charge on any atom is -0.354 e. The maximum Gasteiger partial charge on any atom is 0.255 e. The lowest BCUT2D eigenvalue weighted by Gasteiger charge is -2.35. The number of pyridine rings is 2. The van der Waals surface area contributed by atoms with Gasteiger partial charge in [0, 0.05) is 63.0 Å². The van der Waals surface area contributed by atoms with Crippen molar-refractivity contribution in [1.82, 2.24) is 34.8 Å². The van der Waals surface area contributed by atoms with Crippen molar-refractivity contribution in [3.05, 3.63) is 77.5 Å². The number of carbonyl (C=O) groups is 1. The Morgan fingerprint density at radius 2 is 1.88 bits per heavy atom. The Kier molecular flexibility index (Phi) is 7.00. The topological polar surface area (TPSA) is 104 Å². The van der Waals surface area contributed by atoms with Gasteiger partial charge >= 0.3 is 0 Å². The predicted molar refractivity (Wildman–Crippen MR) is 160 cm³/mol. The largest absolute Gasteiger partial charge is 0.354 e. The fourth-order valence-corrected chi connectivity index (χ4v) is 5.95. The van der Waals surface area contributed by atoms with Gasteiger partial charge in [-0.25, -0.2) is 28.2 Å². The van der Waals surface area contributed by atoms with Crippen LogP contribution in [0.5, 0.6) is 0 Å². The van der Waals surface area contributed by atoms with Gasteiger partial charge in [-0.1, -0.05) is 6.08 Å². The number of piperazine rings is 1. The number of nitrogens with zero attached hydrogens (tertiary/aromatic N) is 7. The van der Waals surface area contributed by atoms with E-state index in [1.807, 2.05) is 36.7 Å². The van der Waals surface area contributed by atoms with Crippen molar-refractivity contribution in [2.45, 2.75) is 44.1 Å². The summed E-state index contributed by atoms with van der Waals surface area (Å²) in [5.41, 5.74) is 5.58. The van der Waals surface area contributed by atoms with Crippen LogP contribution in [0.25, 0.3) is 11.1 Å². The van der Waals surface area contributed by atoms with Crippen LogP contribution in [-0.4, -0.2) is 80.6 Å². The molecule has 2 N–H and O–H groups in total. The lowest BCUT2D eigenvalue weighted by Crippen LogP contribution is -2.50. The van der Waals surface area contributed by atoms with Crippen molar-refractivity contribution in [2.24, 2.45) is 0 Å². The van der Waals surface area contributed by atoms with E-state index >= 15 is 0 Å². The summed E-state index contributed by atoms with van der Waals surface area (Å²) in [6.07, 6.45) is 11.1. The van der Waals surface area contributed by atoms with E-state index in [1.165, 1.54) is 6.20 Å². The van der Waals surface area contributed by atoms with E-state index in [2.05, 4.69) is 48.6 Å². The Hall–Kier alpha value is -4.45. The summed E-state index contributed by atoms with van der Waals surface area (Å²) in [5.74, 6) is -1.61. The van der Waals surface area contributed by atoms with Crippen LogP contribution in [0.15, 0.2) is 55.1 Å². The molecule has 4 aromatic rings. The molecule has 7 rings (SSSR count). The molecule has 4 aromatic heterocycles. The summed E-state index contributed by atoms with van der Waals surface area (Å²) in [4.78, 5) is 31.7. The molecule has 43 heavy (non-hydrogen) atoms. The molecular weight excluding hydrogens is 552 g/mol. The molecule has 0 unspecified atom stereocenters. The highest BCUT2D eigenvalue weighted by atomic mass is 19.3. The molecular formula is C31H33F2N9O. The van der Waals surface area contributed by atoms with Gasteiger partial charge in [0.15, 0.2) is 0 Å². The summed E-state index contributed by atoms with van der Waals surface area (Å²) >= 11 is 0. The first-order valence-corrected chi connectivity index (χ1v) is 14.7. The van der Waals surface area contributed by atoms with Crippen LogP contribution < -0.4 is 15.5 Å². The molecule has 0 spiro atoms. The lowest BCUT2D eigenvalue weighted by atomic mass is 9.88. The maximum atomic E-state index is 13.3. The number of hydrogen-bond acceptors (Lipinski definition) is 8. The molecule has 0 atom stereocenters. The van der Waals surface area contributed by atoms with Crippen LogP contribution in [-0.2, 0) is 6.42 Å². The van der Waals surface area contributed by atoms with E-state index in [1.54, 1.807) is 10.7 Å². The second kappa shape index (κ2) is 11.0. The molecule has 1 amide bonds. The second-order valence-electron chi connectivity index (χ2n) is 11.6. The average molecular weight is 586 g/mol. The van der Waals surface area contributed by atoms with Crippen molar-refractivity contribution < 1.29 is 13.6 Å². The molecule has 2 fully saturated rings. The molecule has 2 aliphatic carbocycles. The van der Waals surface area contributed by atoms with Crippen molar-refractivity contribution in [3.63, 3.8) is 0 Å². The number of likely N-dealkylation sites (N-methyl/N-ethyl adjacent to an activating group) is 1. The maximum absolute atomic E-state index is 13.3.